The molecule has 0 saturated carbocycles. The van der Waals surface area contributed by atoms with Crippen molar-refractivity contribution in [2.75, 3.05) is 11.4 Å². The summed E-state index contributed by atoms with van der Waals surface area (Å²) in [5.41, 5.74) is -0.0500. The number of rotatable bonds is 2. The van der Waals surface area contributed by atoms with Crippen LogP contribution < -0.4 is 4.90 Å². The topological polar surface area (TPSA) is 20.3 Å². The maximum atomic E-state index is 13.7. The van der Waals surface area contributed by atoms with Gasteiger partial charge in [0.05, 0.1) is 16.0 Å². The highest BCUT2D eigenvalue weighted by Crippen LogP contribution is 2.36. The first-order valence-electron chi connectivity index (χ1n) is 7.21. The molecule has 1 amide bonds. The number of nitrogens with zero attached hydrogens (tertiary/aromatic N) is 1. The fourth-order valence-electron chi connectivity index (χ4n) is 2.83. The van der Waals surface area contributed by atoms with Gasteiger partial charge in [0.15, 0.2) is 0 Å². The van der Waals surface area contributed by atoms with Gasteiger partial charge in [-0.2, -0.15) is 13.2 Å². The van der Waals surface area contributed by atoms with Crippen LogP contribution >= 0.6 is 15.9 Å². The van der Waals surface area contributed by atoms with Crippen LogP contribution in [-0.2, 0) is 11.0 Å². The second kappa shape index (κ2) is 6.20. The van der Waals surface area contributed by atoms with Gasteiger partial charge in [-0.25, -0.2) is 4.39 Å². The molecule has 1 atom stereocenters. The molecule has 2 nitrogen and oxygen atoms in total. The van der Waals surface area contributed by atoms with E-state index >= 15 is 0 Å². The molecule has 0 aromatic heterocycles. The summed E-state index contributed by atoms with van der Waals surface area (Å²) in [5.74, 6) is -1.47. The number of benzene rings is 2. The Morgan fingerprint density at radius 3 is 2.54 bits per heavy atom. The first-order chi connectivity index (χ1) is 11.3. The highest BCUT2D eigenvalue weighted by Gasteiger charge is 2.36. The second-order valence-electron chi connectivity index (χ2n) is 5.55. The van der Waals surface area contributed by atoms with Crippen molar-refractivity contribution in [1.82, 2.24) is 0 Å². The third-order valence-electron chi connectivity index (χ3n) is 4.04. The van der Waals surface area contributed by atoms with Gasteiger partial charge in [-0.05, 0) is 52.2 Å². The summed E-state index contributed by atoms with van der Waals surface area (Å²) in [7, 11) is 0. The smallest absolute Gasteiger partial charge is 0.312 e. The Hall–Kier alpha value is -1.89. The number of halogens is 5. The predicted molar refractivity (Wildman–Crippen MR) is 85.3 cm³/mol. The molecule has 0 N–H and O–H groups in total. The standard InChI is InChI=1S/C17H12BrF4NO/c18-14-5-4-12(9-15(14)19)23-7-6-13(16(23)24)10-2-1-3-11(8-10)17(20,21)22/h1-5,8-9,13H,6-7H2. The number of hydrogen-bond acceptors (Lipinski definition) is 1. The van der Waals surface area contributed by atoms with Crippen LogP contribution in [0.1, 0.15) is 23.5 Å². The van der Waals surface area contributed by atoms with Crippen molar-refractivity contribution < 1.29 is 22.4 Å². The van der Waals surface area contributed by atoms with E-state index in [9.17, 15) is 22.4 Å². The van der Waals surface area contributed by atoms with Crippen LogP contribution in [0.2, 0.25) is 0 Å². The fraction of sp³-hybridized carbons (Fsp3) is 0.235. The molecule has 126 valence electrons. The molecular formula is C17H12BrF4NO. The number of hydrogen-bond donors (Lipinski definition) is 0. The molecule has 2 aromatic carbocycles. The molecule has 24 heavy (non-hydrogen) atoms. The molecule has 0 bridgehead atoms. The Kier molecular flexibility index (Phi) is 4.38. The lowest BCUT2D eigenvalue weighted by molar-refractivity contribution is -0.137. The lowest BCUT2D eigenvalue weighted by atomic mass is 9.96. The van der Waals surface area contributed by atoms with Crippen molar-refractivity contribution in [3.05, 3.63) is 63.9 Å². The van der Waals surface area contributed by atoms with E-state index in [0.717, 1.165) is 12.1 Å². The second-order valence-corrected chi connectivity index (χ2v) is 6.41. The average molecular weight is 402 g/mol. The molecule has 1 aliphatic rings. The summed E-state index contributed by atoms with van der Waals surface area (Å²) in [5, 5.41) is 0. The number of amides is 1. The minimum atomic E-state index is -4.45. The SMILES string of the molecule is O=C1C(c2cccc(C(F)(F)F)c2)CCN1c1ccc(Br)c(F)c1. The molecule has 7 heteroatoms. The Morgan fingerprint density at radius 2 is 1.88 bits per heavy atom. The molecule has 1 saturated heterocycles. The molecule has 2 aromatic rings. The first kappa shape index (κ1) is 17.0. The third kappa shape index (κ3) is 3.17. The van der Waals surface area contributed by atoms with Crippen LogP contribution in [0.5, 0.6) is 0 Å². The van der Waals surface area contributed by atoms with Gasteiger partial charge in [0, 0.05) is 12.2 Å². The summed E-state index contributed by atoms with van der Waals surface area (Å²) in [6.45, 7) is 0.334. The van der Waals surface area contributed by atoms with Gasteiger partial charge in [0.25, 0.3) is 0 Å². The van der Waals surface area contributed by atoms with E-state index < -0.39 is 23.5 Å². The lowest BCUT2D eigenvalue weighted by Gasteiger charge is -2.18. The molecule has 1 heterocycles. The molecule has 0 spiro atoms. The number of carbonyl (C=O) groups excluding carboxylic acids is 1. The fourth-order valence-corrected chi connectivity index (χ4v) is 3.08. The lowest BCUT2D eigenvalue weighted by Crippen LogP contribution is -2.26. The van der Waals surface area contributed by atoms with Crippen molar-refractivity contribution in [2.45, 2.75) is 18.5 Å². The molecule has 1 unspecified atom stereocenters. The van der Waals surface area contributed by atoms with E-state index in [-0.39, 0.29) is 10.4 Å². The normalized spacial score (nSPS) is 18.3. The van der Waals surface area contributed by atoms with Gasteiger partial charge >= 0.3 is 6.18 Å². The minimum Gasteiger partial charge on any atom is -0.312 e. The predicted octanol–water partition coefficient (Wildman–Crippen LogP) is 5.13. The quantitative estimate of drug-likeness (QED) is 0.638. The van der Waals surface area contributed by atoms with E-state index in [0.29, 0.717) is 24.2 Å². The zero-order valence-corrected chi connectivity index (χ0v) is 13.9. The Bertz CT molecular complexity index is 790. The van der Waals surface area contributed by atoms with Crippen LogP contribution in [0.25, 0.3) is 0 Å². The van der Waals surface area contributed by atoms with Crippen molar-refractivity contribution >= 4 is 27.5 Å². The molecule has 0 aliphatic carbocycles. The first-order valence-corrected chi connectivity index (χ1v) is 8.00. The zero-order chi connectivity index (χ0) is 17.5. The van der Waals surface area contributed by atoms with Crippen molar-refractivity contribution in [1.29, 1.82) is 0 Å². The summed E-state index contributed by atoms with van der Waals surface area (Å²) < 4.78 is 52.4. The van der Waals surface area contributed by atoms with Gasteiger partial charge in [-0.1, -0.05) is 18.2 Å². The Morgan fingerprint density at radius 1 is 1.12 bits per heavy atom. The molecular weight excluding hydrogens is 390 g/mol. The van der Waals surface area contributed by atoms with Gasteiger partial charge in [0.1, 0.15) is 5.82 Å². The summed E-state index contributed by atoms with van der Waals surface area (Å²) in [4.78, 5) is 14.0. The van der Waals surface area contributed by atoms with E-state index in [4.69, 9.17) is 0 Å². The summed E-state index contributed by atoms with van der Waals surface area (Å²) in [6.07, 6.45) is -4.07. The number of carbonyl (C=O) groups is 1. The largest absolute Gasteiger partial charge is 0.416 e. The van der Waals surface area contributed by atoms with Crippen LogP contribution in [0, 0.1) is 5.82 Å². The van der Waals surface area contributed by atoms with Crippen molar-refractivity contribution in [3.63, 3.8) is 0 Å². The van der Waals surface area contributed by atoms with E-state index in [2.05, 4.69) is 15.9 Å². The van der Waals surface area contributed by atoms with Crippen molar-refractivity contribution in [2.24, 2.45) is 0 Å². The number of anilines is 1. The molecule has 3 rings (SSSR count). The molecule has 0 radical (unpaired) electrons. The van der Waals surface area contributed by atoms with Crippen LogP contribution in [0.3, 0.4) is 0 Å². The number of alkyl halides is 3. The van der Waals surface area contributed by atoms with Crippen molar-refractivity contribution in [3.8, 4) is 0 Å². The molecule has 1 fully saturated rings. The highest BCUT2D eigenvalue weighted by atomic mass is 79.9. The van der Waals surface area contributed by atoms with E-state index in [1.807, 2.05) is 0 Å². The summed E-state index contributed by atoms with van der Waals surface area (Å²) in [6, 6.07) is 9.13. The van der Waals surface area contributed by atoms with Crippen LogP contribution in [0.15, 0.2) is 46.9 Å². The molecule has 1 aliphatic heterocycles. The Balaban J connectivity index is 1.88. The van der Waals surface area contributed by atoms with Gasteiger partial charge in [-0.3, -0.25) is 4.79 Å². The maximum Gasteiger partial charge on any atom is 0.416 e. The van der Waals surface area contributed by atoms with Gasteiger partial charge in [0.2, 0.25) is 5.91 Å². The minimum absolute atomic E-state index is 0.285. The van der Waals surface area contributed by atoms with Crippen LogP contribution in [-0.4, -0.2) is 12.5 Å². The van der Waals surface area contributed by atoms with Gasteiger partial charge < -0.3 is 4.90 Å². The van der Waals surface area contributed by atoms with E-state index in [1.54, 1.807) is 6.07 Å². The third-order valence-corrected chi connectivity index (χ3v) is 4.68. The monoisotopic (exact) mass is 401 g/mol. The van der Waals surface area contributed by atoms with E-state index in [1.165, 1.54) is 29.2 Å². The zero-order valence-electron chi connectivity index (χ0n) is 12.3. The average Bonchev–Trinajstić information content (AvgIpc) is 2.91. The highest BCUT2D eigenvalue weighted by molar-refractivity contribution is 9.10. The Labute approximate surface area is 144 Å². The van der Waals surface area contributed by atoms with Crippen LogP contribution in [0.4, 0.5) is 23.2 Å². The summed E-state index contributed by atoms with van der Waals surface area (Å²) >= 11 is 3.04. The maximum absolute atomic E-state index is 13.7. The van der Waals surface area contributed by atoms with Gasteiger partial charge in [-0.15, -0.1) is 0 Å².